The summed E-state index contributed by atoms with van der Waals surface area (Å²) in [4.78, 5) is 0. The molecule has 2 aromatic carbocycles. The molecule has 0 spiro atoms. The van der Waals surface area contributed by atoms with Gasteiger partial charge in [-0.15, -0.1) is 0 Å². The average molecular weight is 487 g/mol. The molecule has 0 aromatic heterocycles. The van der Waals surface area contributed by atoms with E-state index in [-0.39, 0.29) is 17.3 Å². The van der Waals surface area contributed by atoms with Crippen LogP contribution in [0.4, 0.5) is 11.4 Å². The van der Waals surface area contributed by atoms with Crippen LogP contribution in [-0.4, -0.2) is 11.1 Å². The molecule has 0 saturated heterocycles. The Balaban J connectivity index is 1.58. The van der Waals surface area contributed by atoms with Crippen molar-refractivity contribution in [1.29, 1.82) is 0 Å². The Kier molecular flexibility index (Phi) is 5.31. The van der Waals surface area contributed by atoms with Gasteiger partial charge in [0.05, 0.1) is 22.5 Å². The zero-order valence-corrected chi connectivity index (χ0v) is 22.7. The van der Waals surface area contributed by atoms with Crippen LogP contribution in [0.1, 0.15) is 72.9 Å². The first-order chi connectivity index (χ1) is 16.7. The van der Waals surface area contributed by atoms with Crippen molar-refractivity contribution in [3.8, 4) is 0 Å². The number of allylic oxidation sites excluding steroid dienone is 1. The first kappa shape index (κ1) is 25.0. The molecule has 6 nitrogen and oxygen atoms in total. The highest BCUT2D eigenvalue weighted by molar-refractivity contribution is 5.54. The summed E-state index contributed by atoms with van der Waals surface area (Å²) < 4.78 is 0. The normalized spacial score (nSPS) is 30.1. The van der Waals surface area contributed by atoms with Gasteiger partial charge >= 0.3 is 0 Å². The van der Waals surface area contributed by atoms with Gasteiger partial charge in [-0.05, 0) is 83.4 Å². The molecule has 2 bridgehead atoms. The van der Waals surface area contributed by atoms with Gasteiger partial charge < -0.3 is 0 Å². The molecule has 2 aliphatic carbocycles. The first-order valence-corrected chi connectivity index (χ1v) is 12.9. The molecule has 1 aliphatic heterocycles. The number of azo groups is 1. The number of hydrogen-bond acceptors (Lipinski definition) is 4. The molecule has 4 unspecified atom stereocenters. The monoisotopic (exact) mass is 486 g/mol. The summed E-state index contributed by atoms with van der Waals surface area (Å²) in [6.45, 7) is 16.1. The lowest BCUT2D eigenvalue weighted by Crippen LogP contribution is -2.44. The van der Waals surface area contributed by atoms with Crippen LogP contribution in [0.3, 0.4) is 0 Å². The average Bonchev–Trinajstić information content (AvgIpc) is 3.44. The molecule has 1 heterocycles. The van der Waals surface area contributed by atoms with Gasteiger partial charge in [-0.2, -0.15) is 10.2 Å². The van der Waals surface area contributed by atoms with E-state index in [9.17, 15) is 10.4 Å². The summed E-state index contributed by atoms with van der Waals surface area (Å²) in [5, 5.41) is 37.9. The predicted molar refractivity (Wildman–Crippen MR) is 141 cm³/mol. The Morgan fingerprint density at radius 3 is 1.58 bits per heavy atom. The maximum atomic E-state index is 12.8. The molecular weight excluding hydrogens is 448 g/mol. The zero-order valence-electron chi connectivity index (χ0n) is 22.7. The summed E-state index contributed by atoms with van der Waals surface area (Å²) in [5.41, 5.74) is 1.16. The highest BCUT2D eigenvalue weighted by Crippen LogP contribution is 2.76. The lowest BCUT2D eigenvalue weighted by Gasteiger charge is -2.41. The van der Waals surface area contributed by atoms with Crippen LogP contribution in [0.2, 0.25) is 0 Å². The Labute approximate surface area is 215 Å². The van der Waals surface area contributed by atoms with Gasteiger partial charge in [-0.1, -0.05) is 60.7 Å². The quantitative estimate of drug-likeness (QED) is 0.334. The standard InChI is InChI=1S/C30H38N4O2/c1-26(2,3)33(35)22-16-12-20(13-17-22)29-24-10-9-11-25(24)30(32-31-29,28(29,7)8)21-14-18-23(19-15-21)34(36)27(4,5)6/h9-10,12-19,24-25H,11H2,1-8H3. The number of nitrogens with zero attached hydrogens (tertiary/aromatic N) is 4. The van der Waals surface area contributed by atoms with Crippen molar-refractivity contribution < 1.29 is 10.4 Å². The summed E-state index contributed by atoms with van der Waals surface area (Å²) in [5.74, 6) is 0.499. The van der Waals surface area contributed by atoms with Crippen molar-refractivity contribution in [3.63, 3.8) is 0 Å². The second-order valence-corrected chi connectivity index (χ2v) is 13.2. The maximum absolute atomic E-state index is 12.8. The van der Waals surface area contributed by atoms with Gasteiger partial charge in [-0.25, -0.2) is 10.1 Å². The van der Waals surface area contributed by atoms with Crippen LogP contribution in [0.15, 0.2) is 70.9 Å². The summed E-state index contributed by atoms with van der Waals surface area (Å²) in [7, 11) is 0. The largest absolute Gasteiger partial charge is 0.215 e. The topological polar surface area (TPSA) is 71.0 Å². The number of anilines is 2. The van der Waals surface area contributed by atoms with E-state index < -0.39 is 22.2 Å². The van der Waals surface area contributed by atoms with Crippen molar-refractivity contribution in [2.75, 3.05) is 10.1 Å². The maximum Gasteiger partial charge on any atom is 0.121 e. The van der Waals surface area contributed by atoms with E-state index >= 15 is 0 Å². The number of hydroxylamine groups is 2. The summed E-state index contributed by atoms with van der Waals surface area (Å²) >= 11 is 0. The number of hydrogen-bond donors (Lipinski definition) is 0. The minimum absolute atomic E-state index is 0.215. The highest BCUT2D eigenvalue weighted by Gasteiger charge is 2.77. The van der Waals surface area contributed by atoms with Crippen LogP contribution < -0.4 is 10.1 Å². The van der Waals surface area contributed by atoms with E-state index in [1.54, 1.807) is 0 Å². The second-order valence-electron chi connectivity index (χ2n) is 13.2. The summed E-state index contributed by atoms with van der Waals surface area (Å²) in [6, 6.07) is 16.0. The van der Waals surface area contributed by atoms with Gasteiger partial charge in [0.1, 0.15) is 11.1 Å². The third-order valence-corrected chi connectivity index (χ3v) is 8.76. The fraction of sp³-hybridized carbons (Fsp3) is 0.533. The third kappa shape index (κ3) is 3.10. The number of benzene rings is 2. The first-order valence-electron chi connectivity index (χ1n) is 12.9. The van der Waals surface area contributed by atoms with Gasteiger partial charge in [0.15, 0.2) is 0 Å². The van der Waals surface area contributed by atoms with Crippen LogP contribution in [0.5, 0.6) is 0 Å². The van der Waals surface area contributed by atoms with Gasteiger partial charge in [-0.3, -0.25) is 0 Å². The zero-order chi connectivity index (χ0) is 26.3. The second kappa shape index (κ2) is 7.65. The molecule has 6 heteroatoms. The number of fused-ring (bicyclic) bond motifs is 5. The van der Waals surface area contributed by atoms with E-state index in [0.29, 0.717) is 11.4 Å². The van der Waals surface area contributed by atoms with E-state index in [1.807, 2.05) is 65.8 Å². The highest BCUT2D eigenvalue weighted by atomic mass is 16.5. The van der Waals surface area contributed by atoms with E-state index in [1.165, 1.54) is 0 Å². The molecule has 0 amide bonds. The smallest absolute Gasteiger partial charge is 0.121 e. The molecule has 0 N–H and O–H groups in total. The van der Waals surface area contributed by atoms with Crippen LogP contribution in [0.25, 0.3) is 0 Å². The molecule has 5 rings (SSSR count). The molecule has 1 fully saturated rings. The van der Waals surface area contributed by atoms with Gasteiger partial charge in [0.25, 0.3) is 0 Å². The van der Waals surface area contributed by atoms with Gasteiger partial charge in [0, 0.05) is 17.3 Å². The molecule has 2 radical (unpaired) electrons. The SMILES string of the molecule is CC(C)(C)N([O])c1ccc(C23N=NC(c4ccc(N([O])C(C)(C)C)cc4)(C4CC=CC42)C3(C)C)cc1. The lowest BCUT2D eigenvalue weighted by atomic mass is 9.61. The number of rotatable bonds is 4. The Bertz CT molecular complexity index is 1200. The van der Waals surface area contributed by atoms with Crippen molar-refractivity contribution in [2.45, 2.75) is 84.0 Å². The minimum Gasteiger partial charge on any atom is -0.215 e. The van der Waals surface area contributed by atoms with Crippen molar-refractivity contribution in [3.05, 3.63) is 71.8 Å². The molecule has 1 saturated carbocycles. The van der Waals surface area contributed by atoms with Crippen molar-refractivity contribution in [2.24, 2.45) is 27.5 Å². The van der Waals surface area contributed by atoms with E-state index in [4.69, 9.17) is 10.2 Å². The van der Waals surface area contributed by atoms with E-state index in [2.05, 4.69) is 50.3 Å². The fourth-order valence-electron chi connectivity index (χ4n) is 6.95. The Morgan fingerprint density at radius 2 is 1.14 bits per heavy atom. The van der Waals surface area contributed by atoms with Crippen molar-refractivity contribution in [1.82, 2.24) is 0 Å². The van der Waals surface area contributed by atoms with E-state index in [0.717, 1.165) is 27.7 Å². The third-order valence-electron chi connectivity index (χ3n) is 8.76. The van der Waals surface area contributed by atoms with Crippen LogP contribution in [-0.2, 0) is 21.5 Å². The molecule has 190 valence electrons. The fourth-order valence-corrected chi connectivity index (χ4v) is 6.95. The molecule has 3 aliphatic rings. The molecule has 4 atom stereocenters. The Morgan fingerprint density at radius 1 is 0.722 bits per heavy atom. The molecular formula is C30H38N4O2. The molecule has 2 aromatic rings. The molecule has 36 heavy (non-hydrogen) atoms. The van der Waals surface area contributed by atoms with Crippen molar-refractivity contribution >= 4 is 11.4 Å². The summed E-state index contributed by atoms with van der Waals surface area (Å²) in [6.07, 6.45) is 5.54. The van der Waals surface area contributed by atoms with Crippen LogP contribution >= 0.6 is 0 Å². The van der Waals surface area contributed by atoms with Crippen LogP contribution in [0, 0.1) is 17.3 Å². The lowest BCUT2D eigenvalue weighted by molar-refractivity contribution is 0.102. The Hall–Kier alpha value is -2.70. The van der Waals surface area contributed by atoms with Gasteiger partial charge in [0.2, 0.25) is 0 Å². The minimum atomic E-state index is -0.521. The predicted octanol–water partition coefficient (Wildman–Crippen LogP) is 7.38.